The van der Waals surface area contributed by atoms with E-state index in [0.29, 0.717) is 6.42 Å². The summed E-state index contributed by atoms with van der Waals surface area (Å²) in [5.74, 6) is -3.22. The second kappa shape index (κ2) is 6.05. The topological polar surface area (TPSA) is 46.2 Å². The maximum absolute atomic E-state index is 12.6. The molecule has 1 aromatic carbocycles. The minimum atomic E-state index is -4.64. The summed E-state index contributed by atoms with van der Waals surface area (Å²) in [7, 11) is -4.64. The van der Waals surface area contributed by atoms with Crippen LogP contribution in [0.1, 0.15) is 20.3 Å². The van der Waals surface area contributed by atoms with Crippen molar-refractivity contribution < 1.29 is 17.2 Å². The Morgan fingerprint density at radius 1 is 1.37 bits per heavy atom. The van der Waals surface area contributed by atoms with E-state index >= 15 is 0 Å². The summed E-state index contributed by atoms with van der Waals surface area (Å²) in [5, 5.41) is 2.94. The first-order chi connectivity index (χ1) is 8.77. The number of alkyl halides is 3. The highest BCUT2D eigenvalue weighted by Gasteiger charge is 2.31. The van der Waals surface area contributed by atoms with Crippen molar-refractivity contribution in [3.05, 3.63) is 24.3 Å². The molecule has 1 unspecified atom stereocenters. The fraction of sp³-hybridized carbons (Fsp3) is 0.500. The molecule has 0 saturated heterocycles. The molecule has 0 fully saturated rings. The number of hydrogen-bond donors (Lipinski definition) is 1. The molecule has 0 bridgehead atoms. The first-order valence-corrected chi connectivity index (χ1v) is 7.80. The molecular weight excluding hydrogens is 296 g/mol. The largest absolute Gasteiger partial charge is 0.378 e. The SMILES string of the molecule is CCC(C)(CCl)Nc1ccccc1S(=O)(=O)C(F)F. The lowest BCUT2D eigenvalue weighted by molar-refractivity contribution is 0.235. The van der Waals surface area contributed by atoms with Gasteiger partial charge < -0.3 is 5.32 Å². The van der Waals surface area contributed by atoms with Gasteiger partial charge in [0.25, 0.3) is 0 Å². The van der Waals surface area contributed by atoms with Crippen LogP contribution < -0.4 is 5.32 Å². The van der Waals surface area contributed by atoms with Gasteiger partial charge in [-0.15, -0.1) is 11.6 Å². The third kappa shape index (κ3) is 3.57. The average Bonchev–Trinajstić information content (AvgIpc) is 2.38. The van der Waals surface area contributed by atoms with Crippen molar-refractivity contribution in [2.45, 2.75) is 36.5 Å². The van der Waals surface area contributed by atoms with E-state index in [0.717, 1.165) is 6.07 Å². The van der Waals surface area contributed by atoms with Crippen molar-refractivity contribution in [1.82, 2.24) is 0 Å². The van der Waals surface area contributed by atoms with Crippen LogP contribution in [0.3, 0.4) is 0 Å². The number of anilines is 1. The van der Waals surface area contributed by atoms with Gasteiger partial charge in [0, 0.05) is 11.4 Å². The monoisotopic (exact) mass is 311 g/mol. The van der Waals surface area contributed by atoms with Gasteiger partial charge in [-0.2, -0.15) is 8.78 Å². The Morgan fingerprint density at radius 2 is 1.95 bits per heavy atom. The van der Waals surface area contributed by atoms with Gasteiger partial charge in [-0.3, -0.25) is 0 Å². The zero-order valence-corrected chi connectivity index (χ0v) is 12.2. The fourth-order valence-electron chi connectivity index (χ4n) is 1.46. The second-order valence-electron chi connectivity index (χ2n) is 4.47. The molecular formula is C12H16ClF2NO2S. The Bertz CT molecular complexity index is 530. The number of sulfone groups is 1. The maximum Gasteiger partial charge on any atom is 0.341 e. The molecule has 1 atom stereocenters. The Labute approximate surface area is 116 Å². The van der Waals surface area contributed by atoms with E-state index in [1.807, 2.05) is 6.92 Å². The lowest BCUT2D eigenvalue weighted by Crippen LogP contribution is -2.36. The Kier molecular flexibility index (Phi) is 5.15. The lowest BCUT2D eigenvalue weighted by atomic mass is 10.0. The summed E-state index contributed by atoms with van der Waals surface area (Å²) in [4.78, 5) is -0.408. The van der Waals surface area contributed by atoms with Gasteiger partial charge in [-0.25, -0.2) is 8.42 Å². The highest BCUT2D eigenvalue weighted by Crippen LogP contribution is 2.29. The molecule has 0 heterocycles. The number of para-hydroxylation sites is 1. The fourth-order valence-corrected chi connectivity index (χ4v) is 2.60. The molecule has 1 aromatic rings. The van der Waals surface area contributed by atoms with E-state index < -0.39 is 26.0 Å². The van der Waals surface area contributed by atoms with E-state index in [2.05, 4.69) is 5.32 Å². The highest BCUT2D eigenvalue weighted by atomic mass is 35.5. The molecule has 108 valence electrons. The smallest absolute Gasteiger partial charge is 0.341 e. The van der Waals surface area contributed by atoms with Crippen molar-refractivity contribution in [3.63, 3.8) is 0 Å². The molecule has 0 spiro atoms. The van der Waals surface area contributed by atoms with Crippen molar-refractivity contribution in [3.8, 4) is 0 Å². The summed E-state index contributed by atoms with van der Waals surface area (Å²) in [6.45, 7) is 3.67. The van der Waals surface area contributed by atoms with Crippen LogP contribution in [-0.2, 0) is 9.84 Å². The number of benzene rings is 1. The predicted molar refractivity (Wildman–Crippen MR) is 72.7 cm³/mol. The van der Waals surface area contributed by atoms with Crippen LogP contribution in [0.5, 0.6) is 0 Å². The zero-order chi connectivity index (χ0) is 14.7. The molecule has 0 aliphatic rings. The summed E-state index contributed by atoms with van der Waals surface area (Å²) in [6, 6.07) is 5.60. The van der Waals surface area contributed by atoms with Crippen LogP contribution >= 0.6 is 11.6 Å². The molecule has 0 amide bonds. The van der Waals surface area contributed by atoms with Crippen LogP contribution in [0.15, 0.2) is 29.2 Å². The first-order valence-electron chi connectivity index (χ1n) is 5.72. The lowest BCUT2D eigenvalue weighted by Gasteiger charge is -2.29. The summed E-state index contributed by atoms with van der Waals surface area (Å²) in [5.41, 5.74) is -0.414. The third-order valence-corrected chi connectivity index (χ3v) is 4.97. The minimum absolute atomic E-state index is 0.146. The molecule has 0 aromatic heterocycles. The normalized spacial score (nSPS) is 15.3. The number of nitrogens with one attached hydrogen (secondary N) is 1. The molecule has 1 N–H and O–H groups in total. The predicted octanol–water partition coefficient (Wildman–Crippen LogP) is 3.50. The van der Waals surface area contributed by atoms with Crippen molar-refractivity contribution in [2.24, 2.45) is 0 Å². The van der Waals surface area contributed by atoms with E-state index in [4.69, 9.17) is 11.6 Å². The molecule has 1 rings (SSSR count). The Morgan fingerprint density at radius 3 is 2.42 bits per heavy atom. The number of hydrogen-bond acceptors (Lipinski definition) is 3. The molecule has 0 saturated carbocycles. The quantitative estimate of drug-likeness (QED) is 0.818. The van der Waals surface area contributed by atoms with E-state index in [9.17, 15) is 17.2 Å². The molecule has 7 heteroatoms. The average molecular weight is 312 g/mol. The zero-order valence-electron chi connectivity index (χ0n) is 10.7. The maximum atomic E-state index is 12.6. The van der Waals surface area contributed by atoms with Gasteiger partial charge >= 0.3 is 5.76 Å². The molecule has 0 aliphatic heterocycles. The number of rotatable bonds is 6. The van der Waals surface area contributed by atoms with Crippen LogP contribution in [0.25, 0.3) is 0 Å². The van der Waals surface area contributed by atoms with Gasteiger partial charge in [-0.05, 0) is 25.5 Å². The first kappa shape index (κ1) is 16.2. The van der Waals surface area contributed by atoms with Crippen LogP contribution in [-0.4, -0.2) is 25.6 Å². The standard InChI is InChI=1S/C12H16ClF2NO2S/c1-3-12(2,8-13)16-9-6-4-5-7-10(9)19(17,18)11(14)15/h4-7,11,16H,3,8H2,1-2H3. The molecule has 19 heavy (non-hydrogen) atoms. The van der Waals surface area contributed by atoms with Crippen LogP contribution in [0.4, 0.5) is 14.5 Å². The molecule has 3 nitrogen and oxygen atoms in total. The third-order valence-electron chi connectivity index (χ3n) is 2.94. The highest BCUT2D eigenvalue weighted by molar-refractivity contribution is 7.91. The van der Waals surface area contributed by atoms with Crippen molar-refractivity contribution in [2.75, 3.05) is 11.2 Å². The summed E-state index contributed by atoms with van der Waals surface area (Å²) < 4.78 is 48.5. The van der Waals surface area contributed by atoms with Crippen molar-refractivity contribution >= 4 is 27.1 Å². The Hall–Kier alpha value is -0.880. The van der Waals surface area contributed by atoms with E-state index in [1.54, 1.807) is 13.0 Å². The van der Waals surface area contributed by atoms with Gasteiger partial charge in [0.15, 0.2) is 0 Å². The van der Waals surface area contributed by atoms with Crippen LogP contribution in [0.2, 0.25) is 0 Å². The van der Waals surface area contributed by atoms with Crippen molar-refractivity contribution in [1.29, 1.82) is 0 Å². The summed E-state index contributed by atoms with van der Waals surface area (Å²) >= 11 is 5.83. The van der Waals surface area contributed by atoms with Gasteiger partial charge in [0.2, 0.25) is 9.84 Å². The summed E-state index contributed by atoms with van der Waals surface area (Å²) in [6.07, 6.45) is 0.625. The molecule has 0 radical (unpaired) electrons. The second-order valence-corrected chi connectivity index (χ2v) is 6.63. The van der Waals surface area contributed by atoms with Gasteiger partial charge in [0.05, 0.1) is 10.6 Å². The van der Waals surface area contributed by atoms with Gasteiger partial charge in [0.1, 0.15) is 0 Å². The molecule has 0 aliphatic carbocycles. The van der Waals surface area contributed by atoms with E-state index in [1.165, 1.54) is 12.1 Å². The minimum Gasteiger partial charge on any atom is -0.378 e. The van der Waals surface area contributed by atoms with Gasteiger partial charge in [-0.1, -0.05) is 19.1 Å². The Balaban J connectivity index is 3.25. The van der Waals surface area contributed by atoms with E-state index in [-0.39, 0.29) is 11.6 Å². The number of halogens is 3. The van der Waals surface area contributed by atoms with Crippen LogP contribution in [0, 0.1) is 0 Å².